The van der Waals surface area contributed by atoms with Gasteiger partial charge in [-0.1, -0.05) is 6.92 Å². The molecule has 3 heterocycles. The summed E-state index contributed by atoms with van der Waals surface area (Å²) in [4.78, 5) is 12.2. The van der Waals surface area contributed by atoms with E-state index in [1.54, 1.807) is 6.20 Å². The van der Waals surface area contributed by atoms with Crippen molar-refractivity contribution in [2.24, 2.45) is 5.92 Å². The summed E-state index contributed by atoms with van der Waals surface area (Å²) in [5, 5.41) is 3.39. The van der Waals surface area contributed by atoms with Gasteiger partial charge in [0.2, 0.25) is 0 Å². The van der Waals surface area contributed by atoms with Crippen LogP contribution in [-0.4, -0.2) is 28.0 Å². The number of nitrogens with zero attached hydrogens (tertiary/aromatic N) is 2. The molecule has 0 aromatic carbocycles. The van der Waals surface area contributed by atoms with E-state index in [-0.39, 0.29) is 0 Å². The molecule has 2 aromatic rings. The third-order valence-electron chi connectivity index (χ3n) is 3.19. The Hall–Kier alpha value is -0.940. The van der Waals surface area contributed by atoms with E-state index >= 15 is 0 Å². The fourth-order valence-electron chi connectivity index (χ4n) is 2.24. The molecule has 4 nitrogen and oxygen atoms in total. The number of fused-ring (bicyclic) bond motifs is 1. The Labute approximate surface area is 102 Å². The number of H-pyrrole nitrogens is 1. The standard InChI is InChI=1S/C11H13BrN4/c1-6-3-13-5-8(6)10-15-9-2-7(12)4-14-11(9)16-10/h2,4,6,8,13H,3,5H2,1H3,(H,14,15,16)/t6-,8-/m1/s1. The Morgan fingerprint density at radius 2 is 2.31 bits per heavy atom. The van der Waals surface area contributed by atoms with Crippen LogP contribution in [0, 0.1) is 5.92 Å². The molecule has 0 radical (unpaired) electrons. The highest BCUT2D eigenvalue weighted by Crippen LogP contribution is 2.27. The quantitative estimate of drug-likeness (QED) is 0.841. The Bertz CT molecular complexity index is 522. The normalized spacial score (nSPS) is 25.4. The molecule has 84 valence electrons. The van der Waals surface area contributed by atoms with Crippen molar-refractivity contribution in [1.82, 2.24) is 20.3 Å². The van der Waals surface area contributed by atoms with Gasteiger partial charge in [-0.3, -0.25) is 0 Å². The maximum atomic E-state index is 4.56. The van der Waals surface area contributed by atoms with Crippen molar-refractivity contribution in [2.75, 3.05) is 13.1 Å². The average Bonchev–Trinajstić information content (AvgIpc) is 2.82. The van der Waals surface area contributed by atoms with Crippen molar-refractivity contribution in [3.63, 3.8) is 0 Å². The maximum Gasteiger partial charge on any atom is 0.177 e. The number of halogens is 1. The van der Waals surface area contributed by atoms with Crippen LogP contribution in [0.3, 0.4) is 0 Å². The Balaban J connectivity index is 2.04. The van der Waals surface area contributed by atoms with Crippen LogP contribution in [-0.2, 0) is 0 Å². The van der Waals surface area contributed by atoms with Crippen LogP contribution in [0.1, 0.15) is 18.7 Å². The minimum absolute atomic E-state index is 0.480. The molecule has 3 rings (SSSR count). The lowest BCUT2D eigenvalue weighted by molar-refractivity contribution is 0.551. The van der Waals surface area contributed by atoms with E-state index in [1.165, 1.54) is 0 Å². The highest BCUT2D eigenvalue weighted by molar-refractivity contribution is 9.10. The first-order chi connectivity index (χ1) is 7.74. The van der Waals surface area contributed by atoms with Gasteiger partial charge in [-0.05, 0) is 34.5 Å². The van der Waals surface area contributed by atoms with Crippen LogP contribution in [0.15, 0.2) is 16.7 Å². The highest BCUT2D eigenvalue weighted by atomic mass is 79.9. The number of aromatic amines is 1. The van der Waals surface area contributed by atoms with Crippen LogP contribution in [0.2, 0.25) is 0 Å². The van der Waals surface area contributed by atoms with Gasteiger partial charge in [0.25, 0.3) is 0 Å². The molecule has 0 unspecified atom stereocenters. The molecule has 1 saturated heterocycles. The maximum absolute atomic E-state index is 4.56. The van der Waals surface area contributed by atoms with E-state index in [2.05, 4.69) is 43.1 Å². The van der Waals surface area contributed by atoms with Crippen molar-refractivity contribution >= 4 is 27.1 Å². The zero-order valence-corrected chi connectivity index (χ0v) is 10.6. The number of rotatable bonds is 1. The smallest absolute Gasteiger partial charge is 0.177 e. The molecule has 16 heavy (non-hydrogen) atoms. The molecule has 5 heteroatoms. The summed E-state index contributed by atoms with van der Waals surface area (Å²) < 4.78 is 0.979. The summed E-state index contributed by atoms with van der Waals surface area (Å²) in [5.41, 5.74) is 1.81. The first-order valence-corrected chi connectivity index (χ1v) is 6.25. The van der Waals surface area contributed by atoms with Crippen LogP contribution in [0.5, 0.6) is 0 Å². The van der Waals surface area contributed by atoms with Gasteiger partial charge in [-0.15, -0.1) is 0 Å². The number of hydrogen-bond acceptors (Lipinski definition) is 3. The molecule has 0 amide bonds. The Kier molecular flexibility index (Phi) is 2.44. The fraction of sp³-hybridized carbons (Fsp3) is 0.455. The van der Waals surface area contributed by atoms with Crippen molar-refractivity contribution in [1.29, 1.82) is 0 Å². The zero-order chi connectivity index (χ0) is 11.1. The summed E-state index contributed by atoms with van der Waals surface area (Å²) in [7, 11) is 0. The van der Waals surface area contributed by atoms with Crippen LogP contribution in [0.25, 0.3) is 11.2 Å². The average molecular weight is 281 g/mol. The van der Waals surface area contributed by atoms with Gasteiger partial charge < -0.3 is 10.3 Å². The SMILES string of the molecule is C[C@@H]1CNC[C@H]1c1nc2ncc(Br)cc2[nH]1. The van der Waals surface area contributed by atoms with Gasteiger partial charge in [0.15, 0.2) is 5.65 Å². The molecule has 2 aromatic heterocycles. The summed E-state index contributed by atoms with van der Waals surface area (Å²) in [5.74, 6) is 2.16. The van der Waals surface area contributed by atoms with E-state index in [0.717, 1.165) is 34.6 Å². The topological polar surface area (TPSA) is 53.6 Å². The molecule has 0 bridgehead atoms. The molecule has 1 aliphatic heterocycles. The predicted molar refractivity (Wildman–Crippen MR) is 66.4 cm³/mol. The number of pyridine rings is 1. The minimum atomic E-state index is 0.480. The van der Waals surface area contributed by atoms with E-state index in [1.807, 2.05) is 6.07 Å². The third-order valence-corrected chi connectivity index (χ3v) is 3.62. The highest BCUT2D eigenvalue weighted by Gasteiger charge is 2.27. The van der Waals surface area contributed by atoms with Crippen molar-refractivity contribution in [2.45, 2.75) is 12.8 Å². The van der Waals surface area contributed by atoms with Gasteiger partial charge in [-0.25, -0.2) is 9.97 Å². The molecule has 1 fully saturated rings. The van der Waals surface area contributed by atoms with Crippen molar-refractivity contribution < 1.29 is 0 Å². The Morgan fingerprint density at radius 3 is 3.06 bits per heavy atom. The molecule has 0 aliphatic carbocycles. The van der Waals surface area contributed by atoms with Crippen LogP contribution >= 0.6 is 15.9 Å². The van der Waals surface area contributed by atoms with Gasteiger partial charge in [-0.2, -0.15) is 0 Å². The van der Waals surface area contributed by atoms with E-state index < -0.39 is 0 Å². The van der Waals surface area contributed by atoms with E-state index in [0.29, 0.717) is 11.8 Å². The first-order valence-electron chi connectivity index (χ1n) is 5.46. The predicted octanol–water partition coefficient (Wildman–Crippen LogP) is 2.04. The molecular formula is C11H13BrN4. The van der Waals surface area contributed by atoms with E-state index in [4.69, 9.17) is 0 Å². The van der Waals surface area contributed by atoms with E-state index in [9.17, 15) is 0 Å². The second-order valence-electron chi connectivity index (χ2n) is 4.39. The van der Waals surface area contributed by atoms with Crippen molar-refractivity contribution in [3.05, 3.63) is 22.6 Å². The number of aromatic nitrogens is 3. The van der Waals surface area contributed by atoms with Crippen LogP contribution < -0.4 is 5.32 Å². The monoisotopic (exact) mass is 280 g/mol. The minimum Gasteiger partial charge on any atom is -0.340 e. The lowest BCUT2D eigenvalue weighted by Crippen LogP contribution is -2.09. The molecule has 0 saturated carbocycles. The molecule has 2 N–H and O–H groups in total. The molecular weight excluding hydrogens is 268 g/mol. The van der Waals surface area contributed by atoms with Gasteiger partial charge in [0.05, 0.1) is 5.52 Å². The second-order valence-corrected chi connectivity index (χ2v) is 5.30. The fourth-order valence-corrected chi connectivity index (χ4v) is 2.58. The Morgan fingerprint density at radius 1 is 1.44 bits per heavy atom. The summed E-state index contributed by atoms with van der Waals surface area (Å²) in [6, 6.07) is 2.02. The first kappa shape index (κ1) is 10.2. The lowest BCUT2D eigenvalue weighted by atomic mass is 9.98. The van der Waals surface area contributed by atoms with Gasteiger partial charge >= 0.3 is 0 Å². The van der Waals surface area contributed by atoms with Gasteiger partial charge in [0.1, 0.15) is 5.82 Å². The zero-order valence-electron chi connectivity index (χ0n) is 9.00. The summed E-state index contributed by atoms with van der Waals surface area (Å²) in [6.07, 6.45) is 1.78. The van der Waals surface area contributed by atoms with Crippen LogP contribution in [0.4, 0.5) is 0 Å². The number of nitrogens with one attached hydrogen (secondary N) is 2. The third kappa shape index (κ3) is 1.64. The molecule has 0 spiro atoms. The van der Waals surface area contributed by atoms with Gasteiger partial charge in [0, 0.05) is 23.1 Å². The molecule has 1 aliphatic rings. The molecule has 2 atom stereocenters. The summed E-state index contributed by atoms with van der Waals surface area (Å²) in [6.45, 7) is 4.32. The lowest BCUT2D eigenvalue weighted by Gasteiger charge is -2.09. The largest absolute Gasteiger partial charge is 0.340 e. The second kappa shape index (κ2) is 3.82. The van der Waals surface area contributed by atoms with Crippen molar-refractivity contribution in [3.8, 4) is 0 Å². The number of imidazole rings is 1. The summed E-state index contributed by atoms with van der Waals surface area (Å²) >= 11 is 3.41. The number of hydrogen-bond donors (Lipinski definition) is 2.